The number of nitrogens with two attached hydrogens (primary N) is 1. The minimum Gasteiger partial charge on any atom is -0.543 e. The van der Waals surface area contributed by atoms with Crippen LogP contribution in [-0.2, 0) is 25.8 Å². The van der Waals surface area contributed by atoms with E-state index in [9.17, 15) is 19.5 Å². The number of β-lactam (4-membered cyclic amide) rings is 1. The van der Waals surface area contributed by atoms with E-state index in [1.165, 1.54) is 18.9 Å². The van der Waals surface area contributed by atoms with E-state index in [2.05, 4.69) is 24.9 Å². The summed E-state index contributed by atoms with van der Waals surface area (Å²) in [6.45, 7) is 0.230. The highest BCUT2D eigenvalue weighted by Crippen LogP contribution is 2.40. The van der Waals surface area contributed by atoms with E-state index in [0.29, 0.717) is 11.3 Å². The van der Waals surface area contributed by atoms with E-state index in [0.717, 1.165) is 22.1 Å². The molecule has 180 valence electrons. The molecule has 0 spiro atoms. The van der Waals surface area contributed by atoms with Crippen LogP contribution in [0, 0.1) is 0 Å². The number of nitrogens with one attached hydrogen (secondary N) is 1. The lowest BCUT2D eigenvalue weighted by molar-refractivity contribution is -0.662. The first-order chi connectivity index (χ1) is 16.9. The first-order valence-electron chi connectivity index (χ1n) is 10.1. The molecule has 0 saturated carbocycles. The zero-order valence-electron chi connectivity index (χ0n) is 18.0. The number of amides is 2. The summed E-state index contributed by atoms with van der Waals surface area (Å²) in [5.41, 5.74) is 6.39. The van der Waals surface area contributed by atoms with Gasteiger partial charge in [0.05, 0.1) is 17.9 Å². The van der Waals surface area contributed by atoms with Crippen molar-refractivity contribution >= 4 is 57.6 Å². The number of anilines is 1. The number of oxime groups is 1. The molecule has 2 atom stereocenters. The van der Waals surface area contributed by atoms with Crippen molar-refractivity contribution in [3.8, 4) is 0 Å². The fourth-order valence-corrected chi connectivity index (χ4v) is 5.66. The summed E-state index contributed by atoms with van der Waals surface area (Å²) in [5.74, 6) is -2.53. The van der Waals surface area contributed by atoms with Gasteiger partial charge in [0.1, 0.15) is 31.3 Å². The van der Waals surface area contributed by atoms with Crippen molar-refractivity contribution in [1.82, 2.24) is 29.2 Å². The number of hydrogen-bond donors (Lipinski definition) is 2. The number of fused-ring (bicyclic) bond motifs is 2. The molecule has 2 aliphatic rings. The number of hydrogen-bond acceptors (Lipinski definition) is 12. The monoisotopic (exact) mass is 515 g/mol. The SMILES string of the molecule is CON=C(C(=O)NC1C(=O)N2C(C(=O)[O-])=C(C[n+]3ccn4ncccc43)CS[C@H]12)c1nsc(N)n1. The number of carbonyl (C=O) groups is 3. The average molecular weight is 516 g/mol. The molecule has 14 nitrogen and oxygen atoms in total. The largest absolute Gasteiger partial charge is 0.543 e. The third-order valence-electron chi connectivity index (χ3n) is 5.38. The smallest absolute Gasteiger partial charge is 0.307 e. The normalized spacial score (nSPS) is 20.0. The van der Waals surface area contributed by atoms with Gasteiger partial charge in [-0.15, -0.1) is 16.3 Å². The van der Waals surface area contributed by atoms with Gasteiger partial charge in [0.2, 0.25) is 11.5 Å². The van der Waals surface area contributed by atoms with Gasteiger partial charge in [0.15, 0.2) is 11.3 Å². The number of carbonyl (C=O) groups excluding carboxylic acids is 3. The highest BCUT2D eigenvalue weighted by molar-refractivity contribution is 8.00. The number of aromatic nitrogens is 5. The second-order valence-electron chi connectivity index (χ2n) is 7.43. The summed E-state index contributed by atoms with van der Waals surface area (Å²) < 4.78 is 7.43. The van der Waals surface area contributed by atoms with Gasteiger partial charge in [0.25, 0.3) is 11.8 Å². The molecule has 0 aromatic carbocycles. The molecule has 3 aromatic rings. The number of aliphatic carboxylic acids is 1. The number of imidazole rings is 1. The molecular weight excluding hydrogens is 498 g/mol. The van der Waals surface area contributed by atoms with Crippen molar-refractivity contribution in [3.05, 3.63) is 47.8 Å². The Hall–Kier alpha value is -4.05. The summed E-state index contributed by atoms with van der Waals surface area (Å²) in [7, 11) is 1.25. The molecule has 0 aliphatic carbocycles. The third kappa shape index (κ3) is 3.95. The molecule has 1 saturated heterocycles. The number of rotatable bonds is 7. The molecule has 2 amide bonds. The van der Waals surface area contributed by atoms with E-state index >= 15 is 0 Å². The Morgan fingerprint density at radius 1 is 1.46 bits per heavy atom. The Morgan fingerprint density at radius 3 is 3.00 bits per heavy atom. The summed E-state index contributed by atoms with van der Waals surface area (Å²) in [6, 6.07) is 2.64. The number of thioether (sulfide) groups is 1. The van der Waals surface area contributed by atoms with Gasteiger partial charge < -0.3 is 25.8 Å². The van der Waals surface area contributed by atoms with Crippen LogP contribution in [0.2, 0.25) is 0 Å². The minimum absolute atomic E-state index is 0.0457. The topological polar surface area (TPSA) is 184 Å². The minimum atomic E-state index is -1.46. The average Bonchev–Trinajstić information content (AvgIpc) is 3.46. The maximum atomic E-state index is 13.0. The quantitative estimate of drug-likeness (QED) is 0.148. The lowest BCUT2D eigenvalue weighted by Gasteiger charge is -2.50. The van der Waals surface area contributed by atoms with Crippen molar-refractivity contribution in [2.45, 2.75) is 18.0 Å². The van der Waals surface area contributed by atoms with Crippen molar-refractivity contribution < 1.29 is 28.9 Å². The van der Waals surface area contributed by atoms with Gasteiger partial charge in [-0.3, -0.25) is 14.5 Å². The Labute approximate surface area is 205 Å². The zero-order valence-corrected chi connectivity index (χ0v) is 19.7. The van der Waals surface area contributed by atoms with Crippen LogP contribution < -0.4 is 20.7 Å². The summed E-state index contributed by atoms with van der Waals surface area (Å²) in [6.07, 6.45) is 5.16. The van der Waals surface area contributed by atoms with Crippen LogP contribution in [0.4, 0.5) is 5.13 Å². The fraction of sp³-hybridized carbons (Fsp3) is 0.263. The molecule has 0 radical (unpaired) electrons. The second-order valence-corrected chi connectivity index (χ2v) is 9.32. The first-order valence-corrected chi connectivity index (χ1v) is 11.9. The standard InChI is InChI=1S/C19H17N9O5S2/c1-33-24-11(14-23-19(20)35-25-14)15(29)22-12-16(30)28-13(18(31)32)9(8-34-17(12)28)7-26-5-6-27-10(26)3-2-4-21-27/h2-6,12,17H,7-8H2,1H3,(H3-,20,22,23,25,29,31,32)/t12?,17-/m1/s1. The van der Waals surface area contributed by atoms with Crippen LogP contribution in [0.15, 0.2) is 47.1 Å². The van der Waals surface area contributed by atoms with E-state index in [1.807, 2.05) is 10.6 Å². The molecule has 5 rings (SSSR count). The zero-order chi connectivity index (χ0) is 24.7. The van der Waals surface area contributed by atoms with E-state index < -0.39 is 29.2 Å². The molecule has 1 unspecified atom stereocenters. The number of carboxylic acids is 1. The summed E-state index contributed by atoms with van der Waals surface area (Å²) >= 11 is 2.21. The van der Waals surface area contributed by atoms with Crippen LogP contribution in [-0.4, -0.2) is 71.6 Å². The van der Waals surface area contributed by atoms with E-state index in [1.54, 1.807) is 29.2 Å². The molecule has 2 aliphatic heterocycles. The maximum absolute atomic E-state index is 13.0. The number of nitrogen functional groups attached to an aromatic ring is 1. The molecule has 3 aromatic heterocycles. The second kappa shape index (κ2) is 8.95. The summed E-state index contributed by atoms with van der Waals surface area (Å²) in [5, 5.41) is 22.0. The van der Waals surface area contributed by atoms with Crippen LogP contribution in [0.1, 0.15) is 5.82 Å². The molecular formula is C19H17N9O5S2. The summed E-state index contributed by atoms with van der Waals surface area (Å²) in [4.78, 5) is 47.6. The molecule has 1 fully saturated rings. The maximum Gasteiger partial charge on any atom is 0.307 e. The van der Waals surface area contributed by atoms with Gasteiger partial charge in [-0.2, -0.15) is 9.36 Å². The van der Waals surface area contributed by atoms with Crippen LogP contribution in [0.5, 0.6) is 0 Å². The van der Waals surface area contributed by atoms with Crippen LogP contribution in [0.3, 0.4) is 0 Å². The van der Waals surface area contributed by atoms with Gasteiger partial charge in [-0.1, -0.05) is 10.3 Å². The van der Waals surface area contributed by atoms with Crippen molar-refractivity contribution in [3.63, 3.8) is 0 Å². The molecule has 5 heterocycles. The predicted molar refractivity (Wildman–Crippen MR) is 120 cm³/mol. The third-order valence-corrected chi connectivity index (χ3v) is 7.26. The van der Waals surface area contributed by atoms with Gasteiger partial charge in [0, 0.05) is 28.9 Å². The number of carboxylic acid groups (broad SMARTS) is 1. The van der Waals surface area contributed by atoms with Crippen LogP contribution >= 0.6 is 23.3 Å². The van der Waals surface area contributed by atoms with Crippen molar-refractivity contribution in [2.24, 2.45) is 5.16 Å². The Balaban J connectivity index is 1.37. The van der Waals surface area contributed by atoms with Gasteiger partial charge >= 0.3 is 5.65 Å². The highest BCUT2D eigenvalue weighted by Gasteiger charge is 2.53. The lowest BCUT2D eigenvalue weighted by Crippen LogP contribution is -2.71. The van der Waals surface area contributed by atoms with E-state index in [4.69, 9.17) is 10.6 Å². The lowest BCUT2D eigenvalue weighted by atomic mass is 10.0. The molecule has 35 heavy (non-hydrogen) atoms. The Kier molecular flexibility index (Phi) is 5.81. The van der Waals surface area contributed by atoms with Crippen molar-refractivity contribution in [2.75, 3.05) is 18.6 Å². The number of nitrogens with zero attached hydrogens (tertiary/aromatic N) is 7. The fourth-order valence-electron chi connectivity index (χ4n) is 3.89. The Morgan fingerprint density at radius 2 is 2.29 bits per heavy atom. The molecule has 3 N–H and O–H groups in total. The van der Waals surface area contributed by atoms with Gasteiger partial charge in [-0.05, 0) is 6.07 Å². The van der Waals surface area contributed by atoms with Crippen LogP contribution in [0.25, 0.3) is 5.65 Å². The first kappa shape index (κ1) is 22.7. The van der Waals surface area contributed by atoms with E-state index in [-0.39, 0.29) is 28.9 Å². The van der Waals surface area contributed by atoms with Gasteiger partial charge in [-0.25, -0.2) is 4.57 Å². The molecule has 0 bridgehead atoms. The van der Waals surface area contributed by atoms with Crippen molar-refractivity contribution in [1.29, 1.82) is 0 Å². The predicted octanol–water partition coefficient (Wildman–Crippen LogP) is -2.49. The highest BCUT2D eigenvalue weighted by atomic mass is 32.2. The molecule has 16 heteroatoms. The Bertz CT molecular complexity index is 1410.